The van der Waals surface area contributed by atoms with Gasteiger partial charge in [0.2, 0.25) is 11.8 Å². The molecule has 9 heteroatoms. The van der Waals surface area contributed by atoms with Gasteiger partial charge in [-0.05, 0) is 47.0 Å². The van der Waals surface area contributed by atoms with Crippen molar-refractivity contribution in [3.63, 3.8) is 0 Å². The number of nitrogens with zero attached hydrogens (tertiary/aromatic N) is 4. The van der Waals surface area contributed by atoms with Crippen LogP contribution in [0.5, 0.6) is 0 Å². The van der Waals surface area contributed by atoms with E-state index >= 15 is 0 Å². The Kier molecular flexibility index (Phi) is 5.01. The molecule has 2 aliphatic rings. The Balaban J connectivity index is 1.47. The van der Waals surface area contributed by atoms with Crippen molar-refractivity contribution in [1.82, 2.24) is 19.8 Å². The van der Waals surface area contributed by atoms with Crippen molar-refractivity contribution in [3.8, 4) is 0 Å². The van der Waals surface area contributed by atoms with Gasteiger partial charge in [-0.2, -0.15) is 0 Å². The van der Waals surface area contributed by atoms with E-state index in [1.807, 2.05) is 36.4 Å². The van der Waals surface area contributed by atoms with E-state index < -0.39 is 12.1 Å². The highest BCUT2D eigenvalue weighted by Crippen LogP contribution is 2.43. The van der Waals surface area contributed by atoms with Crippen LogP contribution in [0.1, 0.15) is 28.4 Å². The number of piperazine rings is 1. The van der Waals surface area contributed by atoms with Crippen molar-refractivity contribution >= 4 is 28.4 Å². The van der Waals surface area contributed by atoms with Gasteiger partial charge >= 0.3 is 0 Å². The zero-order valence-corrected chi connectivity index (χ0v) is 18.7. The summed E-state index contributed by atoms with van der Waals surface area (Å²) in [5.74, 6) is -0.294. The van der Waals surface area contributed by atoms with Crippen molar-refractivity contribution in [2.45, 2.75) is 25.0 Å². The summed E-state index contributed by atoms with van der Waals surface area (Å²) < 4.78 is 0. The van der Waals surface area contributed by atoms with E-state index in [9.17, 15) is 20.0 Å². The Morgan fingerprint density at radius 3 is 2.69 bits per heavy atom. The fourth-order valence-corrected chi connectivity index (χ4v) is 5.33. The SMILES string of the molecule is O=C1C2Cc3c([nH]c4ccccc34)C(c3cccc(N([O-])O)c3)N2C(=O)CN1Cc1ccncc1. The lowest BCUT2D eigenvalue weighted by molar-refractivity contribution is -0.159. The number of benzene rings is 2. The summed E-state index contributed by atoms with van der Waals surface area (Å²) in [6.07, 6.45) is 3.72. The minimum Gasteiger partial charge on any atom is -0.733 e. The third-order valence-electron chi connectivity index (χ3n) is 6.87. The summed E-state index contributed by atoms with van der Waals surface area (Å²) >= 11 is 0. The van der Waals surface area contributed by atoms with Gasteiger partial charge in [0.1, 0.15) is 12.6 Å². The van der Waals surface area contributed by atoms with Gasteiger partial charge in [0.05, 0.1) is 11.7 Å². The zero-order valence-electron chi connectivity index (χ0n) is 18.7. The second-order valence-electron chi connectivity index (χ2n) is 8.90. The minimum absolute atomic E-state index is 0.0446. The summed E-state index contributed by atoms with van der Waals surface area (Å²) in [4.78, 5) is 38.0. The molecule has 2 aliphatic heterocycles. The van der Waals surface area contributed by atoms with Crippen molar-refractivity contribution in [1.29, 1.82) is 0 Å². The first-order chi connectivity index (χ1) is 17.0. The molecule has 0 saturated carbocycles. The quantitative estimate of drug-likeness (QED) is 0.445. The van der Waals surface area contributed by atoms with Crippen LogP contribution in [-0.4, -0.2) is 49.4 Å². The summed E-state index contributed by atoms with van der Waals surface area (Å²) in [7, 11) is 0. The number of amides is 2. The van der Waals surface area contributed by atoms with E-state index in [-0.39, 0.29) is 29.3 Å². The van der Waals surface area contributed by atoms with Gasteiger partial charge in [0.15, 0.2) is 0 Å². The number of hydrogen-bond acceptors (Lipinski definition) is 6. The molecule has 35 heavy (non-hydrogen) atoms. The lowest BCUT2D eigenvalue weighted by atomic mass is 9.86. The second kappa shape index (κ2) is 8.23. The van der Waals surface area contributed by atoms with E-state index in [1.54, 1.807) is 40.4 Å². The number of pyridine rings is 1. The number of nitrogens with one attached hydrogen (secondary N) is 1. The van der Waals surface area contributed by atoms with Crippen molar-refractivity contribution in [3.05, 3.63) is 101 Å². The predicted octanol–water partition coefficient (Wildman–Crippen LogP) is 3.14. The number of H-pyrrole nitrogens is 1. The predicted molar refractivity (Wildman–Crippen MR) is 128 cm³/mol. The zero-order chi connectivity index (χ0) is 24.1. The Labute approximate surface area is 200 Å². The van der Waals surface area contributed by atoms with E-state index in [2.05, 4.69) is 9.97 Å². The number of aromatic amines is 1. The first kappa shape index (κ1) is 21.3. The molecule has 4 heterocycles. The topological polar surface area (TPSA) is 116 Å². The number of fused-ring (bicyclic) bond motifs is 4. The van der Waals surface area contributed by atoms with E-state index in [0.717, 1.165) is 27.7 Å². The molecule has 2 aromatic heterocycles. The average molecular weight is 468 g/mol. The lowest BCUT2D eigenvalue weighted by Gasteiger charge is -2.47. The maximum absolute atomic E-state index is 13.7. The second-order valence-corrected chi connectivity index (χ2v) is 8.90. The highest BCUT2D eigenvalue weighted by atomic mass is 16.8. The fourth-order valence-electron chi connectivity index (χ4n) is 5.33. The monoisotopic (exact) mass is 468 g/mol. The Bertz CT molecular complexity index is 1430. The first-order valence-corrected chi connectivity index (χ1v) is 11.4. The van der Waals surface area contributed by atoms with Gasteiger partial charge in [-0.25, -0.2) is 0 Å². The van der Waals surface area contributed by atoms with Crippen LogP contribution in [0.2, 0.25) is 0 Å². The standard InChI is InChI=1S/C26H22N5O4/c32-23-15-29(14-16-8-10-27-11-9-16)26(33)22-13-20-19-6-1-2-7-21(19)28-24(20)25(30(22)23)17-4-3-5-18(12-17)31(34)35/h1-12,22,25,28,34H,13-15H2/q-1. The van der Waals surface area contributed by atoms with E-state index in [4.69, 9.17) is 0 Å². The molecule has 0 radical (unpaired) electrons. The smallest absolute Gasteiger partial charge is 0.246 e. The van der Waals surface area contributed by atoms with E-state index in [1.165, 1.54) is 6.07 Å². The van der Waals surface area contributed by atoms with Gasteiger partial charge < -0.3 is 25.2 Å². The van der Waals surface area contributed by atoms with Gasteiger partial charge in [0.25, 0.3) is 0 Å². The molecule has 1 fully saturated rings. The third kappa shape index (κ3) is 3.52. The number of carbonyl (C=O) groups excluding carboxylic acids is 2. The minimum atomic E-state index is -0.684. The number of carbonyl (C=O) groups is 2. The number of anilines is 1. The van der Waals surface area contributed by atoms with E-state index in [0.29, 0.717) is 18.5 Å². The molecule has 0 aliphatic carbocycles. The molecule has 176 valence electrons. The Morgan fingerprint density at radius 1 is 1.09 bits per heavy atom. The van der Waals surface area contributed by atoms with Crippen LogP contribution in [0, 0.1) is 5.21 Å². The number of hydrogen-bond donors (Lipinski definition) is 2. The molecule has 2 atom stereocenters. The van der Waals surface area contributed by atoms with Gasteiger partial charge in [-0.1, -0.05) is 30.3 Å². The molecule has 2 unspecified atom stereocenters. The molecule has 2 aromatic carbocycles. The molecular formula is C26H22N5O4-. The first-order valence-electron chi connectivity index (χ1n) is 11.4. The van der Waals surface area contributed by atoms with Crippen LogP contribution >= 0.6 is 0 Å². The number of aromatic nitrogens is 2. The van der Waals surface area contributed by atoms with Gasteiger partial charge in [-0.15, -0.1) is 0 Å². The molecule has 0 spiro atoms. The fraction of sp³-hybridized carbons (Fsp3) is 0.192. The summed E-state index contributed by atoms with van der Waals surface area (Å²) in [6, 6.07) is 16.7. The van der Waals surface area contributed by atoms with Crippen molar-refractivity contribution in [2.24, 2.45) is 0 Å². The van der Waals surface area contributed by atoms with Crippen LogP contribution in [0.25, 0.3) is 10.9 Å². The molecule has 2 amide bonds. The highest BCUT2D eigenvalue weighted by molar-refractivity contribution is 5.97. The van der Waals surface area contributed by atoms with Crippen molar-refractivity contribution < 1.29 is 14.8 Å². The van der Waals surface area contributed by atoms with Crippen LogP contribution in [-0.2, 0) is 22.6 Å². The van der Waals surface area contributed by atoms with Gasteiger partial charge in [0, 0.05) is 42.0 Å². The normalized spacial score (nSPS) is 19.6. The largest absolute Gasteiger partial charge is 0.733 e. The van der Waals surface area contributed by atoms with Crippen LogP contribution in [0.15, 0.2) is 73.1 Å². The summed E-state index contributed by atoms with van der Waals surface area (Å²) in [5, 5.41) is 21.9. The molecule has 4 aromatic rings. The molecule has 6 rings (SSSR count). The lowest BCUT2D eigenvalue weighted by Crippen LogP contribution is -2.62. The summed E-state index contributed by atoms with van der Waals surface area (Å²) in [6.45, 7) is 0.283. The molecule has 2 N–H and O–H groups in total. The maximum atomic E-state index is 13.7. The Hall–Kier alpha value is -4.21. The molecule has 1 saturated heterocycles. The number of para-hydroxylation sites is 1. The maximum Gasteiger partial charge on any atom is 0.246 e. The van der Waals surface area contributed by atoms with Crippen LogP contribution in [0.4, 0.5) is 5.69 Å². The van der Waals surface area contributed by atoms with Gasteiger partial charge in [-0.3, -0.25) is 19.8 Å². The van der Waals surface area contributed by atoms with Crippen LogP contribution < -0.4 is 5.23 Å². The molecular weight excluding hydrogens is 446 g/mol. The molecule has 9 nitrogen and oxygen atoms in total. The average Bonchev–Trinajstić information content (AvgIpc) is 3.25. The van der Waals surface area contributed by atoms with Crippen LogP contribution in [0.3, 0.4) is 0 Å². The Morgan fingerprint density at radius 2 is 1.89 bits per heavy atom. The van der Waals surface area contributed by atoms with Crippen molar-refractivity contribution in [2.75, 3.05) is 11.8 Å². The summed E-state index contributed by atoms with van der Waals surface area (Å²) in [5.41, 5.74) is 4.31. The number of rotatable bonds is 4. The molecule has 0 bridgehead atoms. The highest BCUT2D eigenvalue weighted by Gasteiger charge is 2.48. The third-order valence-corrected chi connectivity index (χ3v) is 6.87.